The number of hydrogen-bond donors (Lipinski definition) is 2. The van der Waals surface area contributed by atoms with Gasteiger partial charge in [-0.25, -0.2) is 0 Å². The highest BCUT2D eigenvalue weighted by atomic mass is 32.1. The molecule has 0 saturated carbocycles. The molecule has 92 valence electrons. The summed E-state index contributed by atoms with van der Waals surface area (Å²) in [4.78, 5) is 0. The van der Waals surface area contributed by atoms with Crippen LogP contribution in [-0.2, 0) is 0 Å². The molecule has 0 saturated heterocycles. The van der Waals surface area contributed by atoms with Gasteiger partial charge in [-0.15, -0.1) is 0 Å². The van der Waals surface area contributed by atoms with Gasteiger partial charge in [0.25, 0.3) is 0 Å². The van der Waals surface area contributed by atoms with Crippen LogP contribution in [0, 0.1) is 0 Å². The number of hydrogen-bond acceptors (Lipinski definition) is 3. The summed E-state index contributed by atoms with van der Waals surface area (Å²) in [6.45, 7) is 4.03. The molecule has 0 radical (unpaired) electrons. The van der Waals surface area contributed by atoms with Crippen LogP contribution in [-0.4, -0.2) is 24.5 Å². The van der Waals surface area contributed by atoms with Crippen molar-refractivity contribution in [3.05, 3.63) is 29.8 Å². The molecule has 4 nitrogen and oxygen atoms in total. The fourth-order valence-electron chi connectivity index (χ4n) is 1.15. The molecule has 0 aromatic heterocycles. The van der Waals surface area contributed by atoms with E-state index in [0.29, 0.717) is 11.2 Å². The van der Waals surface area contributed by atoms with Crippen molar-refractivity contribution in [1.82, 2.24) is 10.7 Å². The highest BCUT2D eigenvalue weighted by Gasteiger charge is 1.95. The van der Waals surface area contributed by atoms with Gasteiger partial charge in [0.15, 0.2) is 5.11 Å². The van der Waals surface area contributed by atoms with E-state index in [0.717, 1.165) is 11.3 Å². The zero-order valence-corrected chi connectivity index (χ0v) is 11.0. The lowest BCUT2D eigenvalue weighted by atomic mass is 10.2. The predicted octanol–water partition coefficient (Wildman–Crippen LogP) is 1.90. The van der Waals surface area contributed by atoms with E-state index in [2.05, 4.69) is 15.8 Å². The van der Waals surface area contributed by atoms with E-state index >= 15 is 0 Å². The van der Waals surface area contributed by atoms with Crippen molar-refractivity contribution >= 4 is 23.5 Å². The Morgan fingerprint density at radius 1 is 1.35 bits per heavy atom. The van der Waals surface area contributed by atoms with Crippen LogP contribution in [0.1, 0.15) is 19.4 Å². The number of hydrazone groups is 1. The quantitative estimate of drug-likeness (QED) is 0.487. The summed E-state index contributed by atoms with van der Waals surface area (Å²) >= 11 is 5.03. The largest absolute Gasteiger partial charge is 0.497 e. The predicted molar refractivity (Wildman–Crippen MR) is 74.6 cm³/mol. The molecule has 1 aromatic rings. The highest BCUT2D eigenvalue weighted by molar-refractivity contribution is 7.80. The number of rotatable bonds is 4. The molecule has 5 heteroatoms. The molecule has 0 aliphatic rings. The monoisotopic (exact) mass is 251 g/mol. The van der Waals surface area contributed by atoms with Gasteiger partial charge >= 0.3 is 0 Å². The van der Waals surface area contributed by atoms with Crippen LogP contribution >= 0.6 is 12.2 Å². The maximum atomic E-state index is 5.06. The molecule has 0 amide bonds. The fraction of sp³-hybridized carbons (Fsp3) is 0.333. The summed E-state index contributed by atoms with van der Waals surface area (Å²) in [6, 6.07) is 7.90. The minimum absolute atomic E-state index is 0.297. The molecule has 0 unspecified atom stereocenters. The van der Waals surface area contributed by atoms with Gasteiger partial charge in [0.05, 0.1) is 13.3 Å². The SMILES string of the molecule is COc1ccc(/C=N\NC(=S)NC(C)C)cc1. The third kappa shape index (κ3) is 5.31. The van der Waals surface area contributed by atoms with Crippen LogP contribution in [0.2, 0.25) is 0 Å². The normalized spacial score (nSPS) is 10.6. The second-order valence-corrected chi connectivity index (χ2v) is 4.18. The van der Waals surface area contributed by atoms with Gasteiger partial charge in [0, 0.05) is 6.04 Å². The first-order valence-corrected chi connectivity index (χ1v) is 5.76. The number of benzene rings is 1. The van der Waals surface area contributed by atoms with Crippen LogP contribution in [0.4, 0.5) is 0 Å². The van der Waals surface area contributed by atoms with Crippen molar-refractivity contribution in [2.24, 2.45) is 5.10 Å². The maximum Gasteiger partial charge on any atom is 0.187 e. The van der Waals surface area contributed by atoms with Crippen LogP contribution < -0.4 is 15.5 Å². The average Bonchev–Trinajstić information content (AvgIpc) is 2.29. The summed E-state index contributed by atoms with van der Waals surface area (Å²) in [5, 5.41) is 7.58. The van der Waals surface area contributed by atoms with E-state index in [1.807, 2.05) is 38.1 Å². The first kappa shape index (κ1) is 13.4. The second-order valence-electron chi connectivity index (χ2n) is 3.77. The van der Waals surface area contributed by atoms with Crippen molar-refractivity contribution in [2.75, 3.05) is 7.11 Å². The lowest BCUT2D eigenvalue weighted by Crippen LogP contribution is -2.36. The Balaban J connectivity index is 2.45. The smallest absolute Gasteiger partial charge is 0.187 e. The number of ether oxygens (including phenoxy) is 1. The molecule has 1 rings (SSSR count). The zero-order valence-electron chi connectivity index (χ0n) is 10.2. The number of nitrogens with one attached hydrogen (secondary N) is 2. The molecule has 1 aromatic carbocycles. The van der Waals surface area contributed by atoms with E-state index in [4.69, 9.17) is 17.0 Å². The van der Waals surface area contributed by atoms with Gasteiger partial charge in [-0.3, -0.25) is 5.43 Å². The topological polar surface area (TPSA) is 45.6 Å². The van der Waals surface area contributed by atoms with Crippen LogP contribution in [0.5, 0.6) is 5.75 Å². The highest BCUT2D eigenvalue weighted by Crippen LogP contribution is 2.09. The van der Waals surface area contributed by atoms with E-state index in [-0.39, 0.29) is 0 Å². The lowest BCUT2D eigenvalue weighted by Gasteiger charge is -2.09. The van der Waals surface area contributed by atoms with Crippen molar-refractivity contribution in [2.45, 2.75) is 19.9 Å². The minimum atomic E-state index is 0.297. The summed E-state index contributed by atoms with van der Waals surface area (Å²) in [5.74, 6) is 0.826. The summed E-state index contributed by atoms with van der Waals surface area (Å²) in [6.07, 6.45) is 1.70. The molecular formula is C12H17N3OS. The maximum absolute atomic E-state index is 5.06. The minimum Gasteiger partial charge on any atom is -0.497 e. The van der Waals surface area contributed by atoms with Crippen molar-refractivity contribution in [3.8, 4) is 5.75 Å². The van der Waals surface area contributed by atoms with E-state index < -0.39 is 0 Å². The molecule has 0 aliphatic heterocycles. The van der Waals surface area contributed by atoms with Crippen molar-refractivity contribution in [1.29, 1.82) is 0 Å². The van der Waals surface area contributed by atoms with Gasteiger partial charge in [-0.05, 0) is 55.9 Å². The number of nitrogens with zero attached hydrogens (tertiary/aromatic N) is 1. The molecule has 2 N–H and O–H groups in total. The van der Waals surface area contributed by atoms with Gasteiger partial charge in [-0.2, -0.15) is 5.10 Å². The third-order valence-electron chi connectivity index (χ3n) is 1.92. The van der Waals surface area contributed by atoms with Crippen LogP contribution in [0.15, 0.2) is 29.4 Å². The molecule has 0 bridgehead atoms. The standard InChI is InChI=1S/C12H17N3OS/c1-9(2)14-12(17)15-13-8-10-4-6-11(16-3)7-5-10/h4-9H,1-3H3,(H2,14,15,17)/b13-8-. The Hall–Kier alpha value is -1.62. The van der Waals surface area contributed by atoms with Gasteiger partial charge in [0.2, 0.25) is 0 Å². The van der Waals surface area contributed by atoms with Gasteiger partial charge < -0.3 is 10.1 Å². The van der Waals surface area contributed by atoms with E-state index in [1.54, 1.807) is 13.3 Å². The Morgan fingerprint density at radius 3 is 2.53 bits per heavy atom. The van der Waals surface area contributed by atoms with E-state index in [9.17, 15) is 0 Å². The molecular weight excluding hydrogens is 234 g/mol. The molecule has 0 aliphatic carbocycles. The van der Waals surface area contributed by atoms with E-state index in [1.165, 1.54) is 0 Å². The molecule has 0 atom stereocenters. The number of methoxy groups -OCH3 is 1. The first-order valence-electron chi connectivity index (χ1n) is 5.35. The van der Waals surface area contributed by atoms with Crippen LogP contribution in [0.3, 0.4) is 0 Å². The zero-order chi connectivity index (χ0) is 12.7. The molecule has 0 spiro atoms. The van der Waals surface area contributed by atoms with Crippen LogP contribution in [0.25, 0.3) is 0 Å². The Morgan fingerprint density at radius 2 is 2.00 bits per heavy atom. The van der Waals surface area contributed by atoms with Gasteiger partial charge in [0.1, 0.15) is 5.75 Å². The number of thiocarbonyl (C=S) groups is 1. The average molecular weight is 251 g/mol. The van der Waals surface area contributed by atoms with Crippen molar-refractivity contribution < 1.29 is 4.74 Å². The van der Waals surface area contributed by atoms with Gasteiger partial charge in [-0.1, -0.05) is 0 Å². The summed E-state index contributed by atoms with van der Waals surface area (Å²) in [5.41, 5.74) is 3.73. The molecule has 0 fully saturated rings. The Kier molecular flexibility index (Phi) is 5.42. The fourth-order valence-corrected chi connectivity index (χ4v) is 1.44. The third-order valence-corrected chi connectivity index (χ3v) is 2.12. The second kappa shape index (κ2) is 6.85. The molecule has 17 heavy (non-hydrogen) atoms. The first-order chi connectivity index (χ1) is 8.11. The van der Waals surface area contributed by atoms with Crippen molar-refractivity contribution in [3.63, 3.8) is 0 Å². The molecule has 0 heterocycles. The Labute approximate surface area is 107 Å². The lowest BCUT2D eigenvalue weighted by molar-refractivity contribution is 0.415. The summed E-state index contributed by atoms with van der Waals surface area (Å²) < 4.78 is 5.06. The Bertz CT molecular complexity index is 387. The summed E-state index contributed by atoms with van der Waals surface area (Å²) in [7, 11) is 1.64.